The molecule has 0 unspecified atom stereocenters. The van der Waals surface area contributed by atoms with Crippen molar-refractivity contribution in [1.82, 2.24) is 9.62 Å². The van der Waals surface area contributed by atoms with Crippen LogP contribution in [0.4, 0.5) is 0 Å². The van der Waals surface area contributed by atoms with Crippen LogP contribution in [0.3, 0.4) is 0 Å². The average Bonchev–Trinajstić information content (AvgIpc) is 2.83. The predicted molar refractivity (Wildman–Crippen MR) is 93.1 cm³/mol. The molecule has 1 aromatic rings. The number of rotatable bonds is 6. The molecule has 0 amide bonds. The number of ether oxygens (including phenoxy) is 1. The van der Waals surface area contributed by atoms with Crippen molar-refractivity contribution < 1.29 is 21.6 Å². The third-order valence-corrected chi connectivity index (χ3v) is 8.68. The van der Waals surface area contributed by atoms with Crippen LogP contribution in [0.2, 0.25) is 0 Å². The Balaban J connectivity index is 0.00000264. The summed E-state index contributed by atoms with van der Waals surface area (Å²) in [5.74, 6) is 0. The summed E-state index contributed by atoms with van der Waals surface area (Å²) in [4.78, 5) is 2.09. The molecule has 13 heteroatoms. The number of hydrogen-bond acceptors (Lipinski definition) is 7. The second kappa shape index (κ2) is 8.54. The number of nitrogens with zero attached hydrogens (tertiary/aromatic N) is 1. The van der Waals surface area contributed by atoms with Gasteiger partial charge in [0.15, 0.2) is 0 Å². The van der Waals surface area contributed by atoms with E-state index in [1.807, 2.05) is 0 Å². The van der Waals surface area contributed by atoms with Crippen LogP contribution < -0.4 is 9.86 Å². The maximum Gasteiger partial charge on any atom is 0.251 e. The van der Waals surface area contributed by atoms with Crippen molar-refractivity contribution in [2.45, 2.75) is 8.42 Å². The minimum atomic E-state index is -3.93. The Hall–Kier alpha value is 0.210. The maximum atomic E-state index is 12.2. The molecule has 1 aromatic heterocycles. The lowest BCUT2D eigenvalue weighted by Gasteiger charge is -2.26. The van der Waals surface area contributed by atoms with Crippen molar-refractivity contribution in [3.05, 3.63) is 10.5 Å². The van der Waals surface area contributed by atoms with E-state index in [0.29, 0.717) is 31.1 Å². The summed E-state index contributed by atoms with van der Waals surface area (Å²) in [6.45, 7) is 3.60. The Labute approximate surface area is 154 Å². The summed E-state index contributed by atoms with van der Waals surface area (Å²) in [5.41, 5.74) is 0. The number of morpholine rings is 1. The minimum Gasteiger partial charge on any atom is -0.379 e. The van der Waals surface area contributed by atoms with Crippen LogP contribution in [0.1, 0.15) is 0 Å². The summed E-state index contributed by atoms with van der Waals surface area (Å²) in [5, 5.41) is 5.01. The van der Waals surface area contributed by atoms with E-state index in [1.165, 1.54) is 6.07 Å². The second-order valence-corrected chi connectivity index (χ2v) is 10.3. The van der Waals surface area contributed by atoms with Gasteiger partial charge in [0.05, 0.1) is 13.2 Å². The molecule has 0 aromatic carbocycles. The molecule has 1 fully saturated rings. The van der Waals surface area contributed by atoms with Gasteiger partial charge in [0.2, 0.25) is 10.0 Å². The molecule has 8 nitrogen and oxygen atoms in total. The zero-order valence-corrected chi connectivity index (χ0v) is 16.7. The number of nitrogens with two attached hydrogens (primary N) is 1. The standard InChI is InChI=1S/C10H16BrN3O5S3.ClH/c11-8-7-9(21(12,15)16)20-10(8)22(17,18)13-1-2-14-3-5-19-6-4-14;/h7,13H,1-6H2,(H2,12,15,16);1H. The summed E-state index contributed by atoms with van der Waals surface area (Å²) < 4.78 is 54.6. The summed E-state index contributed by atoms with van der Waals surface area (Å²) in [6, 6.07) is 1.19. The topological polar surface area (TPSA) is 119 Å². The smallest absolute Gasteiger partial charge is 0.251 e. The van der Waals surface area contributed by atoms with Crippen LogP contribution in [-0.2, 0) is 24.8 Å². The highest BCUT2D eigenvalue weighted by Gasteiger charge is 2.24. The van der Waals surface area contributed by atoms with Gasteiger partial charge in [-0.2, -0.15) is 0 Å². The molecule has 23 heavy (non-hydrogen) atoms. The monoisotopic (exact) mass is 469 g/mol. The lowest BCUT2D eigenvalue weighted by atomic mass is 10.4. The molecule has 0 saturated carbocycles. The molecular formula is C10H17BrClN3O5S3. The first-order valence-corrected chi connectivity index (χ1v) is 11.0. The van der Waals surface area contributed by atoms with Gasteiger partial charge in [-0.25, -0.2) is 26.7 Å². The Bertz CT molecular complexity index is 731. The Kier molecular flexibility index (Phi) is 7.89. The van der Waals surface area contributed by atoms with Gasteiger partial charge in [0, 0.05) is 30.7 Å². The van der Waals surface area contributed by atoms with E-state index in [9.17, 15) is 16.8 Å². The van der Waals surface area contributed by atoms with Crippen molar-refractivity contribution in [3.8, 4) is 0 Å². The molecule has 2 heterocycles. The van der Waals surface area contributed by atoms with Gasteiger partial charge in [-0.15, -0.1) is 23.7 Å². The second-order valence-electron chi connectivity index (χ2n) is 4.60. The van der Waals surface area contributed by atoms with Gasteiger partial charge < -0.3 is 4.74 Å². The average molecular weight is 471 g/mol. The van der Waals surface area contributed by atoms with E-state index in [0.717, 1.165) is 13.1 Å². The fourth-order valence-electron chi connectivity index (χ4n) is 1.88. The summed E-state index contributed by atoms with van der Waals surface area (Å²) in [6.07, 6.45) is 0. The quantitative estimate of drug-likeness (QED) is 0.612. The van der Waals surface area contributed by atoms with Crippen molar-refractivity contribution in [1.29, 1.82) is 0 Å². The fraction of sp³-hybridized carbons (Fsp3) is 0.600. The number of nitrogens with one attached hydrogen (secondary N) is 1. The third kappa shape index (κ3) is 5.90. The highest BCUT2D eigenvalue weighted by Crippen LogP contribution is 2.33. The molecule has 1 saturated heterocycles. The Morgan fingerprint density at radius 2 is 1.91 bits per heavy atom. The first-order chi connectivity index (χ1) is 10.2. The number of hydrogen-bond donors (Lipinski definition) is 2. The third-order valence-electron chi connectivity index (χ3n) is 2.98. The van der Waals surface area contributed by atoms with Crippen molar-refractivity contribution in [2.75, 3.05) is 39.4 Å². The van der Waals surface area contributed by atoms with Crippen molar-refractivity contribution >= 4 is 59.7 Å². The van der Waals surface area contributed by atoms with Gasteiger partial charge in [-0.3, -0.25) is 4.90 Å². The molecular weight excluding hydrogens is 454 g/mol. The van der Waals surface area contributed by atoms with Crippen molar-refractivity contribution in [3.63, 3.8) is 0 Å². The van der Waals surface area contributed by atoms with Crippen molar-refractivity contribution in [2.24, 2.45) is 5.14 Å². The predicted octanol–water partition coefficient (Wildman–Crippen LogP) is 0.190. The van der Waals surface area contributed by atoms with E-state index in [4.69, 9.17) is 9.88 Å². The Morgan fingerprint density at radius 3 is 2.43 bits per heavy atom. The zero-order chi connectivity index (χ0) is 16.4. The Morgan fingerprint density at radius 1 is 1.30 bits per heavy atom. The summed E-state index contributed by atoms with van der Waals surface area (Å²) in [7, 11) is -7.72. The molecule has 0 bridgehead atoms. The number of thiophene rings is 1. The molecule has 0 spiro atoms. The van der Waals surface area contributed by atoms with Gasteiger partial charge in [-0.05, 0) is 22.0 Å². The van der Waals surface area contributed by atoms with Gasteiger partial charge in [-0.1, -0.05) is 0 Å². The van der Waals surface area contributed by atoms with E-state index >= 15 is 0 Å². The van der Waals surface area contributed by atoms with Crippen LogP contribution in [0.5, 0.6) is 0 Å². The molecule has 1 aliphatic rings. The highest BCUT2D eigenvalue weighted by atomic mass is 79.9. The molecule has 2 rings (SSSR count). The first-order valence-electron chi connectivity index (χ1n) is 6.32. The largest absolute Gasteiger partial charge is 0.379 e. The van der Waals surface area contributed by atoms with Gasteiger partial charge in [0.25, 0.3) is 10.0 Å². The van der Waals surface area contributed by atoms with Crippen LogP contribution in [0.15, 0.2) is 19.0 Å². The van der Waals surface area contributed by atoms with Crippen LogP contribution in [0, 0.1) is 0 Å². The number of halogens is 2. The molecule has 0 aliphatic carbocycles. The van der Waals surface area contributed by atoms with E-state index in [-0.39, 0.29) is 31.8 Å². The molecule has 134 valence electrons. The lowest BCUT2D eigenvalue weighted by Crippen LogP contribution is -2.41. The van der Waals surface area contributed by atoms with Gasteiger partial charge >= 0.3 is 0 Å². The first kappa shape index (κ1) is 21.3. The molecule has 1 aliphatic heterocycles. The van der Waals surface area contributed by atoms with E-state index < -0.39 is 20.0 Å². The molecule has 0 radical (unpaired) electrons. The van der Waals surface area contributed by atoms with E-state index in [1.54, 1.807) is 0 Å². The zero-order valence-electron chi connectivity index (χ0n) is 11.9. The maximum absolute atomic E-state index is 12.2. The molecule has 0 atom stereocenters. The highest BCUT2D eigenvalue weighted by molar-refractivity contribution is 9.10. The lowest BCUT2D eigenvalue weighted by molar-refractivity contribution is 0.0390. The van der Waals surface area contributed by atoms with E-state index in [2.05, 4.69) is 25.6 Å². The summed E-state index contributed by atoms with van der Waals surface area (Å²) >= 11 is 3.67. The van der Waals surface area contributed by atoms with Crippen LogP contribution in [-0.4, -0.2) is 61.1 Å². The van der Waals surface area contributed by atoms with Gasteiger partial charge in [0.1, 0.15) is 8.42 Å². The van der Waals surface area contributed by atoms with Crippen LogP contribution in [0.25, 0.3) is 0 Å². The normalized spacial score (nSPS) is 17.0. The minimum absolute atomic E-state index is 0. The molecule has 3 N–H and O–H groups in total. The number of primary sulfonamides is 1. The SMILES string of the molecule is Cl.NS(=O)(=O)c1cc(Br)c(S(=O)(=O)NCCN2CCOCC2)s1. The number of sulfonamides is 2. The van der Waals surface area contributed by atoms with Crippen LogP contribution >= 0.6 is 39.7 Å². The fourth-order valence-corrected chi connectivity index (χ4v) is 6.66.